The summed E-state index contributed by atoms with van der Waals surface area (Å²) >= 11 is 0. The van der Waals surface area contributed by atoms with Crippen LogP contribution in [-0.2, 0) is 6.54 Å². The summed E-state index contributed by atoms with van der Waals surface area (Å²) in [5.41, 5.74) is 1.29. The first kappa shape index (κ1) is 15.8. The molecular formula is C17H25NO3. The van der Waals surface area contributed by atoms with E-state index in [9.17, 15) is 4.79 Å². The number of carboxylic acids is 1. The number of benzene rings is 1. The molecule has 1 N–H and O–H groups in total. The highest BCUT2D eigenvalue weighted by Crippen LogP contribution is 2.26. The zero-order valence-corrected chi connectivity index (χ0v) is 13.0. The highest BCUT2D eigenvalue weighted by molar-refractivity contribution is 5.88. The molecule has 2 rings (SSSR count). The number of likely N-dealkylation sites (tertiary alicyclic amines) is 1. The molecule has 0 saturated carbocycles. The number of carbonyl (C=O) groups is 1. The number of hydrogen-bond donors (Lipinski definition) is 1. The second-order valence-corrected chi connectivity index (χ2v) is 5.84. The predicted octanol–water partition coefficient (Wildman–Crippen LogP) is 3.41. The molecule has 1 heterocycles. The number of rotatable bonds is 6. The first-order valence-electron chi connectivity index (χ1n) is 7.76. The molecular weight excluding hydrogens is 266 g/mol. The first-order valence-corrected chi connectivity index (χ1v) is 7.76. The van der Waals surface area contributed by atoms with Crippen molar-refractivity contribution >= 4 is 5.97 Å². The first-order chi connectivity index (χ1) is 10.1. The zero-order valence-electron chi connectivity index (χ0n) is 13.0. The van der Waals surface area contributed by atoms with Crippen molar-refractivity contribution < 1.29 is 14.6 Å². The maximum atomic E-state index is 11.1. The molecule has 21 heavy (non-hydrogen) atoms. The summed E-state index contributed by atoms with van der Waals surface area (Å²) < 4.78 is 5.36. The lowest BCUT2D eigenvalue weighted by Crippen LogP contribution is -2.33. The van der Waals surface area contributed by atoms with Crippen LogP contribution in [0, 0.1) is 5.92 Å². The smallest absolute Gasteiger partial charge is 0.335 e. The third-order valence-corrected chi connectivity index (χ3v) is 4.33. The molecule has 0 bridgehead atoms. The Morgan fingerprint density at radius 2 is 2.10 bits per heavy atom. The Balaban J connectivity index is 2.02. The topological polar surface area (TPSA) is 49.8 Å². The molecule has 1 aliphatic rings. The summed E-state index contributed by atoms with van der Waals surface area (Å²) in [5, 5.41) is 9.12. The van der Waals surface area contributed by atoms with Crippen molar-refractivity contribution in [3.05, 3.63) is 29.3 Å². The summed E-state index contributed by atoms with van der Waals surface area (Å²) in [5.74, 6) is 0.745. The van der Waals surface area contributed by atoms with Gasteiger partial charge in [0.2, 0.25) is 0 Å². The Bertz CT molecular complexity index is 479. The zero-order chi connectivity index (χ0) is 15.2. The van der Waals surface area contributed by atoms with Crippen molar-refractivity contribution in [3.63, 3.8) is 0 Å². The molecule has 0 atom stereocenters. The van der Waals surface area contributed by atoms with E-state index in [1.165, 1.54) is 25.7 Å². The van der Waals surface area contributed by atoms with Crippen molar-refractivity contribution in [1.82, 2.24) is 4.90 Å². The van der Waals surface area contributed by atoms with Gasteiger partial charge in [0.25, 0.3) is 0 Å². The summed E-state index contributed by atoms with van der Waals surface area (Å²) in [6.07, 6.45) is 5.08. The van der Waals surface area contributed by atoms with Crippen LogP contribution in [0.1, 0.15) is 48.5 Å². The lowest BCUT2D eigenvalue weighted by atomic mass is 9.92. The Kier molecular flexibility index (Phi) is 5.62. The van der Waals surface area contributed by atoms with Crippen molar-refractivity contribution in [2.24, 2.45) is 5.92 Å². The summed E-state index contributed by atoms with van der Waals surface area (Å²) in [4.78, 5) is 13.5. The Hall–Kier alpha value is -1.55. The van der Waals surface area contributed by atoms with Gasteiger partial charge in [-0.2, -0.15) is 0 Å². The highest BCUT2D eigenvalue weighted by Gasteiger charge is 2.20. The van der Waals surface area contributed by atoms with Crippen molar-refractivity contribution in [2.45, 2.75) is 39.2 Å². The van der Waals surface area contributed by atoms with Gasteiger partial charge >= 0.3 is 5.97 Å². The van der Waals surface area contributed by atoms with Crippen LogP contribution < -0.4 is 4.74 Å². The van der Waals surface area contributed by atoms with Gasteiger partial charge in [-0.25, -0.2) is 4.79 Å². The van der Waals surface area contributed by atoms with Gasteiger partial charge in [0, 0.05) is 12.1 Å². The van der Waals surface area contributed by atoms with E-state index in [1.54, 1.807) is 25.3 Å². The van der Waals surface area contributed by atoms with Gasteiger partial charge in [-0.1, -0.05) is 19.8 Å². The molecule has 0 aromatic heterocycles. The van der Waals surface area contributed by atoms with E-state index in [0.717, 1.165) is 36.9 Å². The molecule has 0 unspecified atom stereocenters. The SMILES string of the molecule is CCCC1CCN(Cc2cc(C(=O)O)ccc2OC)CC1. The molecule has 1 fully saturated rings. The van der Waals surface area contributed by atoms with Crippen LogP contribution in [0.4, 0.5) is 0 Å². The molecule has 0 aliphatic carbocycles. The van der Waals surface area contributed by atoms with Gasteiger partial charge in [-0.3, -0.25) is 4.90 Å². The van der Waals surface area contributed by atoms with Gasteiger partial charge in [-0.15, -0.1) is 0 Å². The summed E-state index contributed by atoms with van der Waals surface area (Å²) in [7, 11) is 1.63. The van der Waals surface area contributed by atoms with Crippen LogP contribution >= 0.6 is 0 Å². The molecule has 4 nitrogen and oxygen atoms in total. The second-order valence-electron chi connectivity index (χ2n) is 5.84. The van der Waals surface area contributed by atoms with E-state index in [4.69, 9.17) is 9.84 Å². The molecule has 4 heteroatoms. The molecule has 0 amide bonds. The number of ether oxygens (including phenoxy) is 1. The fourth-order valence-corrected chi connectivity index (χ4v) is 3.12. The molecule has 116 valence electrons. The maximum Gasteiger partial charge on any atom is 0.335 e. The minimum absolute atomic E-state index is 0.326. The van der Waals surface area contributed by atoms with Crippen molar-refractivity contribution in [2.75, 3.05) is 20.2 Å². The Morgan fingerprint density at radius 3 is 2.67 bits per heavy atom. The number of nitrogens with zero attached hydrogens (tertiary/aromatic N) is 1. The van der Waals surface area contributed by atoms with Crippen molar-refractivity contribution in [1.29, 1.82) is 0 Å². The van der Waals surface area contributed by atoms with E-state index in [1.807, 2.05) is 0 Å². The lowest BCUT2D eigenvalue weighted by Gasteiger charge is -2.32. The van der Waals surface area contributed by atoms with Crippen LogP contribution in [0.2, 0.25) is 0 Å². The van der Waals surface area contributed by atoms with E-state index in [0.29, 0.717) is 5.56 Å². The fourth-order valence-electron chi connectivity index (χ4n) is 3.12. The van der Waals surface area contributed by atoms with Crippen LogP contribution in [0.3, 0.4) is 0 Å². The van der Waals surface area contributed by atoms with Gasteiger partial charge in [0.05, 0.1) is 12.7 Å². The van der Waals surface area contributed by atoms with Crippen LogP contribution in [0.25, 0.3) is 0 Å². The van der Waals surface area contributed by atoms with Crippen LogP contribution in [-0.4, -0.2) is 36.2 Å². The average Bonchev–Trinajstić information content (AvgIpc) is 2.49. The largest absolute Gasteiger partial charge is 0.496 e. The summed E-state index contributed by atoms with van der Waals surface area (Å²) in [6, 6.07) is 5.08. The highest BCUT2D eigenvalue weighted by atomic mass is 16.5. The average molecular weight is 291 g/mol. The molecule has 1 aliphatic heterocycles. The van der Waals surface area contributed by atoms with Crippen LogP contribution in [0.5, 0.6) is 5.75 Å². The monoisotopic (exact) mass is 291 g/mol. The van der Waals surface area contributed by atoms with Crippen molar-refractivity contribution in [3.8, 4) is 5.75 Å². The number of piperidine rings is 1. The minimum Gasteiger partial charge on any atom is -0.496 e. The van der Waals surface area contributed by atoms with E-state index < -0.39 is 5.97 Å². The maximum absolute atomic E-state index is 11.1. The van der Waals surface area contributed by atoms with Gasteiger partial charge in [-0.05, 0) is 50.0 Å². The molecule has 0 spiro atoms. The Labute approximate surface area is 126 Å². The second kappa shape index (κ2) is 7.46. The Morgan fingerprint density at radius 1 is 1.38 bits per heavy atom. The number of carboxylic acid groups (broad SMARTS) is 1. The van der Waals surface area contributed by atoms with E-state index >= 15 is 0 Å². The van der Waals surface area contributed by atoms with Gasteiger partial charge in [0.15, 0.2) is 0 Å². The molecule has 0 radical (unpaired) electrons. The van der Waals surface area contributed by atoms with Gasteiger partial charge < -0.3 is 9.84 Å². The minimum atomic E-state index is -0.888. The van der Waals surface area contributed by atoms with E-state index in [2.05, 4.69) is 11.8 Å². The standard InChI is InChI=1S/C17H25NO3/c1-3-4-13-7-9-18(10-8-13)12-15-11-14(17(19)20)5-6-16(15)21-2/h5-6,11,13H,3-4,7-10,12H2,1-2H3,(H,19,20). The lowest BCUT2D eigenvalue weighted by molar-refractivity contribution is 0.0696. The van der Waals surface area contributed by atoms with Crippen LogP contribution in [0.15, 0.2) is 18.2 Å². The van der Waals surface area contributed by atoms with E-state index in [-0.39, 0.29) is 0 Å². The normalized spacial score (nSPS) is 16.9. The fraction of sp³-hybridized carbons (Fsp3) is 0.588. The quantitative estimate of drug-likeness (QED) is 0.872. The number of methoxy groups -OCH3 is 1. The third kappa shape index (κ3) is 4.21. The summed E-state index contributed by atoms with van der Waals surface area (Å²) in [6.45, 7) is 5.19. The van der Waals surface area contributed by atoms with Gasteiger partial charge in [0.1, 0.15) is 5.75 Å². The molecule has 1 aromatic rings. The number of aromatic carboxylic acids is 1. The predicted molar refractivity (Wildman–Crippen MR) is 82.9 cm³/mol. The third-order valence-electron chi connectivity index (χ3n) is 4.33. The number of hydrogen-bond acceptors (Lipinski definition) is 3. The molecule has 1 saturated heterocycles. The molecule has 1 aromatic carbocycles.